The molecule has 1 heterocycles. The molecule has 0 saturated carbocycles. The van der Waals surface area contributed by atoms with Gasteiger partial charge in [0.25, 0.3) is 5.91 Å². The molecule has 2 N–H and O–H groups in total. The number of nitrogens with one attached hydrogen (secondary N) is 2. The number of nitrogens with zero attached hydrogens (tertiary/aromatic N) is 3. The molecular formula is C16H23N5O2. The molecule has 124 valence electrons. The first-order valence-electron chi connectivity index (χ1n) is 7.60. The molecule has 0 aliphatic carbocycles. The van der Waals surface area contributed by atoms with Gasteiger partial charge in [-0.05, 0) is 31.5 Å². The Labute approximate surface area is 136 Å². The second kappa shape index (κ2) is 8.40. The first kappa shape index (κ1) is 17.1. The Morgan fingerprint density at radius 3 is 2.83 bits per heavy atom. The predicted molar refractivity (Wildman–Crippen MR) is 87.9 cm³/mol. The quantitative estimate of drug-likeness (QED) is 0.706. The topological polar surface area (TPSA) is 81.1 Å². The number of benzene rings is 1. The van der Waals surface area contributed by atoms with E-state index in [2.05, 4.69) is 20.9 Å². The summed E-state index contributed by atoms with van der Waals surface area (Å²) in [6.45, 7) is 6.47. The van der Waals surface area contributed by atoms with E-state index in [1.165, 1.54) is 0 Å². The third-order valence-electron chi connectivity index (χ3n) is 3.43. The minimum Gasteiger partial charge on any atom is -0.383 e. The van der Waals surface area contributed by atoms with E-state index in [-0.39, 0.29) is 5.91 Å². The van der Waals surface area contributed by atoms with Crippen LogP contribution in [0.5, 0.6) is 0 Å². The van der Waals surface area contributed by atoms with Crippen LogP contribution >= 0.6 is 0 Å². The van der Waals surface area contributed by atoms with Crippen molar-refractivity contribution in [2.24, 2.45) is 0 Å². The summed E-state index contributed by atoms with van der Waals surface area (Å²) < 4.78 is 6.62. The average molecular weight is 317 g/mol. The van der Waals surface area contributed by atoms with Crippen molar-refractivity contribution in [1.29, 1.82) is 0 Å². The number of aromatic nitrogens is 3. The highest BCUT2D eigenvalue weighted by atomic mass is 16.5. The molecule has 23 heavy (non-hydrogen) atoms. The Hall–Kier alpha value is -2.25. The van der Waals surface area contributed by atoms with Crippen molar-refractivity contribution >= 4 is 5.91 Å². The van der Waals surface area contributed by atoms with E-state index >= 15 is 0 Å². The van der Waals surface area contributed by atoms with Gasteiger partial charge in [-0.2, -0.15) is 0 Å². The van der Waals surface area contributed by atoms with Gasteiger partial charge in [0.15, 0.2) is 5.69 Å². The lowest BCUT2D eigenvalue weighted by atomic mass is 10.2. The molecule has 0 radical (unpaired) electrons. The molecule has 0 fully saturated rings. The minimum atomic E-state index is -0.213. The maximum Gasteiger partial charge on any atom is 0.273 e. The largest absolute Gasteiger partial charge is 0.383 e. The van der Waals surface area contributed by atoms with Crippen LogP contribution in [-0.2, 0) is 4.74 Å². The molecule has 1 amide bonds. The number of aryl methyl sites for hydroxylation is 1. The summed E-state index contributed by atoms with van der Waals surface area (Å²) in [4.78, 5) is 12.2. The zero-order valence-electron chi connectivity index (χ0n) is 13.8. The van der Waals surface area contributed by atoms with Gasteiger partial charge in [-0.15, -0.1) is 5.10 Å². The Morgan fingerprint density at radius 2 is 2.09 bits per heavy atom. The molecule has 7 nitrogen and oxygen atoms in total. The zero-order valence-corrected chi connectivity index (χ0v) is 13.8. The van der Waals surface area contributed by atoms with E-state index in [4.69, 9.17) is 4.74 Å². The fourth-order valence-electron chi connectivity index (χ4n) is 2.19. The van der Waals surface area contributed by atoms with Crippen LogP contribution in [0, 0.1) is 13.8 Å². The molecule has 1 aromatic heterocycles. The number of ether oxygens (including phenoxy) is 1. The van der Waals surface area contributed by atoms with Gasteiger partial charge in [0.1, 0.15) is 0 Å². The first-order chi connectivity index (χ1) is 11.1. The lowest BCUT2D eigenvalue weighted by molar-refractivity contribution is 0.0948. The predicted octanol–water partition coefficient (Wildman–Crippen LogP) is 0.850. The van der Waals surface area contributed by atoms with E-state index in [9.17, 15) is 4.79 Å². The summed E-state index contributed by atoms with van der Waals surface area (Å²) in [7, 11) is 1.66. The molecule has 0 bridgehead atoms. The summed E-state index contributed by atoms with van der Waals surface area (Å²) in [5, 5.41) is 14.1. The number of carbonyl (C=O) groups is 1. The van der Waals surface area contributed by atoms with E-state index in [0.717, 1.165) is 23.5 Å². The fourth-order valence-corrected chi connectivity index (χ4v) is 2.19. The number of amides is 1. The SMILES string of the molecule is COCCNCCNC(=O)c1nnn(-c2cccc(C)c2)c1C. The number of hydrogen-bond acceptors (Lipinski definition) is 5. The Morgan fingerprint density at radius 1 is 1.26 bits per heavy atom. The van der Waals surface area contributed by atoms with E-state index in [0.29, 0.717) is 25.4 Å². The summed E-state index contributed by atoms with van der Waals surface area (Å²) in [5.41, 5.74) is 3.10. The van der Waals surface area contributed by atoms with Crippen LogP contribution in [0.3, 0.4) is 0 Å². The third kappa shape index (κ3) is 4.61. The van der Waals surface area contributed by atoms with Gasteiger partial charge >= 0.3 is 0 Å². The van der Waals surface area contributed by atoms with E-state index in [1.807, 2.05) is 38.1 Å². The molecule has 0 unspecified atom stereocenters. The maximum atomic E-state index is 12.2. The van der Waals surface area contributed by atoms with Crippen molar-refractivity contribution in [2.45, 2.75) is 13.8 Å². The molecule has 7 heteroatoms. The van der Waals surface area contributed by atoms with E-state index < -0.39 is 0 Å². The monoisotopic (exact) mass is 317 g/mol. The molecule has 2 rings (SSSR count). The summed E-state index contributed by atoms with van der Waals surface area (Å²) >= 11 is 0. The molecule has 1 aromatic carbocycles. The Balaban J connectivity index is 1.95. The van der Waals surface area contributed by atoms with Crippen molar-refractivity contribution in [3.8, 4) is 5.69 Å². The van der Waals surface area contributed by atoms with Gasteiger partial charge in [0.05, 0.1) is 18.0 Å². The summed E-state index contributed by atoms with van der Waals surface area (Å²) in [5.74, 6) is -0.213. The van der Waals surface area contributed by atoms with E-state index in [1.54, 1.807) is 11.8 Å². The summed E-state index contributed by atoms with van der Waals surface area (Å²) in [6.07, 6.45) is 0. The lowest BCUT2D eigenvalue weighted by Gasteiger charge is -2.06. The average Bonchev–Trinajstić information content (AvgIpc) is 2.92. The van der Waals surface area contributed by atoms with Crippen molar-refractivity contribution in [1.82, 2.24) is 25.6 Å². The van der Waals surface area contributed by atoms with Gasteiger partial charge in [0.2, 0.25) is 0 Å². The zero-order chi connectivity index (χ0) is 16.7. The number of methoxy groups -OCH3 is 1. The molecule has 0 aliphatic heterocycles. The van der Waals surface area contributed by atoms with Gasteiger partial charge in [-0.25, -0.2) is 4.68 Å². The van der Waals surface area contributed by atoms with Gasteiger partial charge in [0, 0.05) is 26.7 Å². The molecule has 0 spiro atoms. The maximum absolute atomic E-state index is 12.2. The molecule has 0 saturated heterocycles. The van der Waals surface area contributed by atoms with Crippen LogP contribution in [0.15, 0.2) is 24.3 Å². The second-order valence-corrected chi connectivity index (χ2v) is 5.27. The molecule has 0 aliphatic rings. The molecule has 2 aromatic rings. The van der Waals surface area contributed by atoms with Crippen LogP contribution in [0.4, 0.5) is 0 Å². The second-order valence-electron chi connectivity index (χ2n) is 5.27. The lowest BCUT2D eigenvalue weighted by Crippen LogP contribution is -2.33. The van der Waals surface area contributed by atoms with Gasteiger partial charge in [-0.1, -0.05) is 17.3 Å². The van der Waals surface area contributed by atoms with Crippen LogP contribution in [0.2, 0.25) is 0 Å². The van der Waals surface area contributed by atoms with Crippen molar-refractivity contribution in [3.05, 3.63) is 41.2 Å². The molecular weight excluding hydrogens is 294 g/mol. The number of carbonyl (C=O) groups excluding carboxylic acids is 1. The van der Waals surface area contributed by atoms with Gasteiger partial charge < -0.3 is 15.4 Å². The minimum absolute atomic E-state index is 0.213. The standard InChI is InChI=1S/C16H23N5O2/c1-12-5-4-6-14(11-12)21-13(2)15(19-20-21)16(22)18-8-7-17-9-10-23-3/h4-6,11,17H,7-10H2,1-3H3,(H,18,22). The first-order valence-corrected chi connectivity index (χ1v) is 7.60. The van der Waals surface area contributed by atoms with Crippen LogP contribution in [0.25, 0.3) is 5.69 Å². The van der Waals surface area contributed by atoms with Gasteiger partial charge in [-0.3, -0.25) is 4.79 Å². The highest BCUT2D eigenvalue weighted by Gasteiger charge is 2.16. The Kier molecular flexibility index (Phi) is 6.25. The van der Waals surface area contributed by atoms with Crippen molar-refractivity contribution in [3.63, 3.8) is 0 Å². The van der Waals surface area contributed by atoms with Crippen molar-refractivity contribution in [2.75, 3.05) is 33.4 Å². The normalized spacial score (nSPS) is 10.7. The van der Waals surface area contributed by atoms with Crippen LogP contribution in [0.1, 0.15) is 21.7 Å². The molecule has 0 atom stereocenters. The Bertz CT molecular complexity index is 654. The fraction of sp³-hybridized carbons (Fsp3) is 0.438. The summed E-state index contributed by atoms with van der Waals surface area (Å²) in [6, 6.07) is 7.91. The number of rotatable bonds is 8. The van der Waals surface area contributed by atoms with Crippen LogP contribution < -0.4 is 10.6 Å². The smallest absolute Gasteiger partial charge is 0.273 e. The van der Waals surface area contributed by atoms with Crippen LogP contribution in [-0.4, -0.2) is 54.3 Å². The highest BCUT2D eigenvalue weighted by Crippen LogP contribution is 2.13. The number of hydrogen-bond donors (Lipinski definition) is 2. The highest BCUT2D eigenvalue weighted by molar-refractivity contribution is 5.93. The third-order valence-corrected chi connectivity index (χ3v) is 3.43. The van der Waals surface area contributed by atoms with Crippen molar-refractivity contribution < 1.29 is 9.53 Å².